The van der Waals surface area contributed by atoms with Crippen LogP contribution in [0.25, 0.3) is 0 Å². The second kappa shape index (κ2) is 6.19. The van der Waals surface area contributed by atoms with E-state index in [-0.39, 0.29) is 0 Å². The molecular weight excluding hydrogens is 264 g/mol. The summed E-state index contributed by atoms with van der Waals surface area (Å²) in [5.41, 5.74) is 2.90. The Kier molecular flexibility index (Phi) is 3.92. The van der Waals surface area contributed by atoms with Gasteiger partial charge < -0.3 is 14.8 Å². The largest absolute Gasteiger partial charge is 0.486 e. The molecule has 1 aliphatic heterocycles. The molecular formula is C17H16N2O2. The highest BCUT2D eigenvalue weighted by molar-refractivity contribution is 5.48. The third-order valence-electron chi connectivity index (χ3n) is 3.36. The van der Waals surface area contributed by atoms with Crippen LogP contribution in [0.5, 0.6) is 11.5 Å². The number of fused-ring (bicyclic) bond motifs is 1. The van der Waals surface area contributed by atoms with Gasteiger partial charge in [0, 0.05) is 12.2 Å². The Hall–Kier alpha value is -2.67. The molecule has 0 unspecified atom stereocenters. The number of nitrogens with one attached hydrogen (secondary N) is 1. The summed E-state index contributed by atoms with van der Waals surface area (Å²) >= 11 is 0. The second-order valence-electron chi connectivity index (χ2n) is 4.84. The van der Waals surface area contributed by atoms with Crippen molar-refractivity contribution in [1.82, 2.24) is 0 Å². The lowest BCUT2D eigenvalue weighted by atomic mass is 10.1. The van der Waals surface area contributed by atoms with Crippen molar-refractivity contribution in [2.24, 2.45) is 0 Å². The number of ether oxygens (including phenoxy) is 2. The lowest BCUT2D eigenvalue weighted by Gasteiger charge is -2.19. The van der Waals surface area contributed by atoms with Gasteiger partial charge in [-0.25, -0.2) is 0 Å². The van der Waals surface area contributed by atoms with Gasteiger partial charge in [0.15, 0.2) is 11.5 Å². The summed E-state index contributed by atoms with van der Waals surface area (Å²) < 4.78 is 11.1. The number of hydrogen-bond acceptors (Lipinski definition) is 4. The lowest BCUT2D eigenvalue weighted by Crippen LogP contribution is -2.15. The molecule has 0 saturated carbocycles. The number of hydrogen-bond donors (Lipinski definition) is 1. The van der Waals surface area contributed by atoms with E-state index in [1.807, 2.05) is 36.4 Å². The first-order valence-corrected chi connectivity index (χ1v) is 6.98. The van der Waals surface area contributed by atoms with Gasteiger partial charge in [-0.2, -0.15) is 5.26 Å². The van der Waals surface area contributed by atoms with Crippen molar-refractivity contribution < 1.29 is 9.47 Å². The number of rotatable bonds is 4. The molecule has 0 aromatic heterocycles. The van der Waals surface area contributed by atoms with Crippen LogP contribution in [0.4, 0.5) is 5.69 Å². The highest BCUT2D eigenvalue weighted by Crippen LogP contribution is 2.30. The first kappa shape index (κ1) is 13.3. The summed E-state index contributed by atoms with van der Waals surface area (Å²) in [4.78, 5) is 0. The summed E-state index contributed by atoms with van der Waals surface area (Å²) in [7, 11) is 0. The molecule has 1 aliphatic rings. The molecule has 0 radical (unpaired) electrons. The van der Waals surface area contributed by atoms with Crippen LogP contribution >= 0.6 is 0 Å². The molecule has 2 aromatic rings. The van der Waals surface area contributed by atoms with Crippen molar-refractivity contribution >= 4 is 5.69 Å². The van der Waals surface area contributed by atoms with Gasteiger partial charge >= 0.3 is 0 Å². The summed E-state index contributed by atoms with van der Waals surface area (Å²) in [5, 5.41) is 12.1. The molecule has 0 atom stereocenters. The van der Waals surface area contributed by atoms with E-state index in [9.17, 15) is 0 Å². The van der Waals surface area contributed by atoms with E-state index in [1.165, 1.54) is 5.56 Å². The smallest absolute Gasteiger partial charge is 0.161 e. The molecule has 106 valence electrons. The SMILES string of the molecule is N#Cc1ccc(NCCc2ccc3c(c2)OCCO3)cc1. The Balaban J connectivity index is 1.56. The van der Waals surface area contributed by atoms with Gasteiger partial charge in [0.25, 0.3) is 0 Å². The van der Waals surface area contributed by atoms with E-state index >= 15 is 0 Å². The fourth-order valence-electron chi connectivity index (χ4n) is 2.26. The second-order valence-corrected chi connectivity index (χ2v) is 4.84. The highest BCUT2D eigenvalue weighted by atomic mass is 16.6. The van der Waals surface area contributed by atoms with Crippen LogP contribution in [0.2, 0.25) is 0 Å². The lowest BCUT2D eigenvalue weighted by molar-refractivity contribution is 0.171. The monoisotopic (exact) mass is 280 g/mol. The Bertz CT molecular complexity index is 659. The Labute approximate surface area is 123 Å². The molecule has 4 nitrogen and oxygen atoms in total. The minimum Gasteiger partial charge on any atom is -0.486 e. The maximum absolute atomic E-state index is 8.76. The minimum absolute atomic E-state index is 0.611. The molecule has 21 heavy (non-hydrogen) atoms. The number of nitriles is 1. The zero-order valence-electron chi connectivity index (χ0n) is 11.6. The quantitative estimate of drug-likeness (QED) is 0.935. The molecule has 1 N–H and O–H groups in total. The van der Waals surface area contributed by atoms with Crippen molar-refractivity contribution in [2.45, 2.75) is 6.42 Å². The number of nitrogens with zero attached hydrogens (tertiary/aromatic N) is 1. The fraction of sp³-hybridized carbons (Fsp3) is 0.235. The summed E-state index contributed by atoms with van der Waals surface area (Å²) in [6.45, 7) is 2.05. The Morgan fingerprint density at radius 3 is 2.52 bits per heavy atom. The van der Waals surface area contributed by atoms with Gasteiger partial charge in [-0.05, 0) is 48.4 Å². The molecule has 4 heteroatoms. The summed E-state index contributed by atoms with van der Waals surface area (Å²) in [6, 6.07) is 15.6. The van der Waals surface area contributed by atoms with E-state index in [1.54, 1.807) is 0 Å². The molecule has 0 saturated heterocycles. The maximum Gasteiger partial charge on any atom is 0.161 e. The topological polar surface area (TPSA) is 54.3 Å². The Morgan fingerprint density at radius 1 is 1.00 bits per heavy atom. The zero-order valence-corrected chi connectivity index (χ0v) is 11.6. The van der Waals surface area contributed by atoms with E-state index in [0.29, 0.717) is 18.8 Å². The Morgan fingerprint density at radius 2 is 1.76 bits per heavy atom. The van der Waals surface area contributed by atoms with Crippen molar-refractivity contribution in [3.63, 3.8) is 0 Å². The van der Waals surface area contributed by atoms with Gasteiger partial charge in [-0.1, -0.05) is 6.07 Å². The molecule has 3 rings (SSSR count). The van der Waals surface area contributed by atoms with Crippen LogP contribution in [0.3, 0.4) is 0 Å². The molecule has 0 amide bonds. The normalized spacial score (nSPS) is 12.5. The van der Waals surface area contributed by atoms with E-state index in [2.05, 4.69) is 17.5 Å². The summed E-state index contributed by atoms with van der Waals surface area (Å²) in [6.07, 6.45) is 0.899. The number of anilines is 1. The van der Waals surface area contributed by atoms with E-state index in [4.69, 9.17) is 14.7 Å². The molecule has 0 fully saturated rings. The molecule has 0 aliphatic carbocycles. The first-order valence-electron chi connectivity index (χ1n) is 6.98. The zero-order chi connectivity index (χ0) is 14.5. The maximum atomic E-state index is 8.76. The van der Waals surface area contributed by atoms with Crippen LogP contribution in [0, 0.1) is 11.3 Å². The van der Waals surface area contributed by atoms with Gasteiger partial charge in [0.1, 0.15) is 13.2 Å². The van der Waals surface area contributed by atoms with Gasteiger partial charge in [0.05, 0.1) is 11.6 Å². The first-order chi connectivity index (χ1) is 10.3. The van der Waals surface area contributed by atoms with Crippen LogP contribution in [0.15, 0.2) is 42.5 Å². The third kappa shape index (κ3) is 3.26. The van der Waals surface area contributed by atoms with Crippen molar-refractivity contribution in [3.05, 3.63) is 53.6 Å². The molecule has 1 heterocycles. The average molecular weight is 280 g/mol. The van der Waals surface area contributed by atoms with Crippen LogP contribution in [0.1, 0.15) is 11.1 Å². The van der Waals surface area contributed by atoms with Gasteiger partial charge in [0.2, 0.25) is 0 Å². The molecule has 0 spiro atoms. The fourth-order valence-corrected chi connectivity index (χ4v) is 2.26. The molecule has 0 bridgehead atoms. The molecule has 2 aromatic carbocycles. The van der Waals surface area contributed by atoms with Gasteiger partial charge in [-0.15, -0.1) is 0 Å². The van der Waals surface area contributed by atoms with Crippen LogP contribution in [-0.4, -0.2) is 19.8 Å². The number of benzene rings is 2. The predicted octanol–water partition coefficient (Wildman–Crippen LogP) is 2.98. The summed E-state index contributed by atoms with van der Waals surface area (Å²) in [5.74, 6) is 1.65. The van der Waals surface area contributed by atoms with E-state index < -0.39 is 0 Å². The van der Waals surface area contributed by atoms with Crippen molar-refractivity contribution in [2.75, 3.05) is 25.1 Å². The van der Waals surface area contributed by atoms with Crippen LogP contribution in [-0.2, 0) is 6.42 Å². The van der Waals surface area contributed by atoms with E-state index in [0.717, 1.165) is 30.2 Å². The predicted molar refractivity (Wildman–Crippen MR) is 80.8 cm³/mol. The highest BCUT2D eigenvalue weighted by Gasteiger charge is 2.11. The van der Waals surface area contributed by atoms with Crippen molar-refractivity contribution in [3.8, 4) is 17.6 Å². The average Bonchev–Trinajstić information content (AvgIpc) is 2.55. The third-order valence-corrected chi connectivity index (χ3v) is 3.36. The van der Waals surface area contributed by atoms with Gasteiger partial charge in [-0.3, -0.25) is 0 Å². The standard InChI is InChI=1S/C17H16N2O2/c18-12-14-1-4-15(5-2-14)19-8-7-13-3-6-16-17(11-13)21-10-9-20-16/h1-6,11,19H,7-10H2. The van der Waals surface area contributed by atoms with Crippen LogP contribution < -0.4 is 14.8 Å². The minimum atomic E-state index is 0.611. The van der Waals surface area contributed by atoms with Crippen molar-refractivity contribution in [1.29, 1.82) is 5.26 Å².